The average molecular weight is 204 g/mol. The monoisotopic (exact) mass is 204 g/mol. The lowest BCUT2D eigenvalue weighted by Gasteiger charge is -2.16. The van der Waals surface area contributed by atoms with Gasteiger partial charge in [-0.15, -0.1) is 0 Å². The van der Waals surface area contributed by atoms with Crippen molar-refractivity contribution in [3.05, 3.63) is 35.9 Å². The predicted molar refractivity (Wildman–Crippen MR) is 59.2 cm³/mol. The fourth-order valence-corrected chi connectivity index (χ4v) is 1.50. The van der Waals surface area contributed by atoms with Gasteiger partial charge in [0.2, 0.25) is 5.91 Å². The fraction of sp³-hybridized carbons (Fsp3) is 0.417. The van der Waals surface area contributed by atoms with E-state index in [1.165, 1.54) is 0 Å². The minimum absolute atomic E-state index is 0.00346. The summed E-state index contributed by atoms with van der Waals surface area (Å²) in [5, 5.41) is 2.96. The summed E-state index contributed by atoms with van der Waals surface area (Å²) < 4.78 is 0. The highest BCUT2D eigenvalue weighted by atomic mass is 16.2. The third kappa shape index (κ3) is 2.36. The molecular weight excluding hydrogens is 188 g/mol. The van der Waals surface area contributed by atoms with Crippen molar-refractivity contribution < 1.29 is 4.79 Å². The first kappa shape index (κ1) is 10.2. The van der Waals surface area contributed by atoms with E-state index in [-0.39, 0.29) is 11.4 Å². The van der Waals surface area contributed by atoms with Crippen molar-refractivity contribution in [2.24, 2.45) is 5.73 Å². The third-order valence-corrected chi connectivity index (χ3v) is 2.87. The highest BCUT2D eigenvalue weighted by Crippen LogP contribution is 2.34. The second-order valence-corrected chi connectivity index (χ2v) is 4.44. The molecule has 1 atom stereocenters. The molecule has 0 spiro atoms. The number of carbonyl (C=O) groups excluding carboxylic acids is 1. The summed E-state index contributed by atoms with van der Waals surface area (Å²) in [6, 6.07) is 8.89. The Hall–Kier alpha value is -1.35. The molecule has 1 aliphatic rings. The van der Waals surface area contributed by atoms with Gasteiger partial charge in [0.1, 0.15) is 6.04 Å². The van der Waals surface area contributed by atoms with Gasteiger partial charge < -0.3 is 11.1 Å². The molecule has 80 valence electrons. The van der Waals surface area contributed by atoms with Gasteiger partial charge in [0.15, 0.2) is 0 Å². The van der Waals surface area contributed by atoms with Gasteiger partial charge in [-0.1, -0.05) is 30.3 Å². The lowest BCUT2D eigenvalue weighted by molar-refractivity contribution is -0.123. The van der Waals surface area contributed by atoms with Crippen molar-refractivity contribution in [1.29, 1.82) is 0 Å². The van der Waals surface area contributed by atoms with E-state index in [0.29, 0.717) is 0 Å². The number of nitrogens with two attached hydrogens (primary N) is 1. The van der Waals surface area contributed by atoms with Crippen LogP contribution in [-0.4, -0.2) is 11.4 Å². The smallest absolute Gasteiger partial charge is 0.241 e. The standard InChI is InChI=1S/C12H16N2O/c1-12(7-8-12)14-11(15)10(13)9-5-3-2-4-6-9/h2-6,10H,7-8,13H2,1H3,(H,14,15)/t10-/m0/s1. The number of hydrogen-bond acceptors (Lipinski definition) is 2. The Labute approximate surface area is 89.7 Å². The van der Waals surface area contributed by atoms with E-state index in [9.17, 15) is 4.79 Å². The van der Waals surface area contributed by atoms with Crippen LogP contribution >= 0.6 is 0 Å². The molecule has 3 nitrogen and oxygen atoms in total. The maximum Gasteiger partial charge on any atom is 0.241 e. The molecule has 3 heteroatoms. The summed E-state index contributed by atoms with van der Waals surface area (Å²) in [7, 11) is 0. The molecule has 1 amide bonds. The zero-order chi connectivity index (χ0) is 10.9. The molecule has 1 fully saturated rings. The van der Waals surface area contributed by atoms with Crippen LogP contribution in [0.25, 0.3) is 0 Å². The summed E-state index contributed by atoms with van der Waals surface area (Å²) in [4.78, 5) is 11.8. The van der Waals surface area contributed by atoms with Crippen LogP contribution in [0.3, 0.4) is 0 Å². The maximum absolute atomic E-state index is 11.8. The largest absolute Gasteiger partial charge is 0.349 e. The maximum atomic E-state index is 11.8. The van der Waals surface area contributed by atoms with E-state index >= 15 is 0 Å². The van der Waals surface area contributed by atoms with Crippen molar-refractivity contribution in [3.63, 3.8) is 0 Å². The topological polar surface area (TPSA) is 55.1 Å². The van der Waals surface area contributed by atoms with Crippen LogP contribution < -0.4 is 11.1 Å². The van der Waals surface area contributed by atoms with Gasteiger partial charge in [0, 0.05) is 5.54 Å². The molecule has 0 aliphatic heterocycles. The molecule has 2 rings (SSSR count). The molecule has 1 saturated carbocycles. The lowest BCUT2D eigenvalue weighted by atomic mass is 10.1. The first-order valence-corrected chi connectivity index (χ1v) is 5.23. The second-order valence-electron chi connectivity index (χ2n) is 4.44. The molecule has 1 aromatic rings. The zero-order valence-corrected chi connectivity index (χ0v) is 8.86. The SMILES string of the molecule is CC1(NC(=O)[C@@H](N)c2ccccc2)CC1. The molecule has 1 aromatic carbocycles. The number of carbonyl (C=O) groups is 1. The van der Waals surface area contributed by atoms with Crippen molar-refractivity contribution in [2.75, 3.05) is 0 Å². The summed E-state index contributed by atoms with van der Waals surface area (Å²) >= 11 is 0. The molecule has 0 unspecified atom stereocenters. The van der Waals surface area contributed by atoms with E-state index in [0.717, 1.165) is 18.4 Å². The van der Waals surface area contributed by atoms with E-state index in [4.69, 9.17) is 5.73 Å². The van der Waals surface area contributed by atoms with E-state index in [2.05, 4.69) is 5.32 Å². The fourth-order valence-electron chi connectivity index (χ4n) is 1.50. The lowest BCUT2D eigenvalue weighted by Crippen LogP contribution is -2.40. The number of nitrogens with one attached hydrogen (secondary N) is 1. The Bertz CT molecular complexity index is 357. The molecule has 1 aliphatic carbocycles. The average Bonchev–Trinajstić information content (AvgIpc) is 2.96. The molecule has 15 heavy (non-hydrogen) atoms. The van der Waals surface area contributed by atoms with Crippen molar-refractivity contribution in [2.45, 2.75) is 31.3 Å². The van der Waals surface area contributed by atoms with Crippen LogP contribution in [0.1, 0.15) is 31.4 Å². The molecule has 0 saturated heterocycles. The highest BCUT2D eigenvalue weighted by Gasteiger charge is 2.39. The molecule has 3 N–H and O–H groups in total. The number of rotatable bonds is 3. The molecule has 0 aromatic heterocycles. The van der Waals surface area contributed by atoms with Crippen LogP contribution in [0.4, 0.5) is 0 Å². The second kappa shape index (κ2) is 3.66. The van der Waals surface area contributed by atoms with Crippen LogP contribution in [0.15, 0.2) is 30.3 Å². The highest BCUT2D eigenvalue weighted by molar-refractivity contribution is 5.83. The minimum Gasteiger partial charge on any atom is -0.349 e. The Morgan fingerprint density at radius 1 is 1.40 bits per heavy atom. The van der Waals surface area contributed by atoms with Gasteiger partial charge in [-0.25, -0.2) is 0 Å². The molecule has 0 bridgehead atoms. The third-order valence-electron chi connectivity index (χ3n) is 2.87. The number of hydrogen-bond donors (Lipinski definition) is 2. The van der Waals surface area contributed by atoms with Gasteiger partial charge in [-0.2, -0.15) is 0 Å². The molecule has 0 heterocycles. The number of amides is 1. The van der Waals surface area contributed by atoms with Crippen molar-refractivity contribution in [1.82, 2.24) is 5.32 Å². The summed E-state index contributed by atoms with van der Waals surface area (Å²) in [5.41, 5.74) is 6.73. The van der Waals surface area contributed by atoms with Gasteiger partial charge >= 0.3 is 0 Å². The molecular formula is C12H16N2O. The first-order valence-electron chi connectivity index (χ1n) is 5.23. The minimum atomic E-state index is -0.552. The van der Waals surface area contributed by atoms with Gasteiger partial charge in [-0.3, -0.25) is 4.79 Å². The van der Waals surface area contributed by atoms with Crippen molar-refractivity contribution in [3.8, 4) is 0 Å². The first-order chi connectivity index (χ1) is 7.11. The Balaban J connectivity index is 2.01. The van der Waals surface area contributed by atoms with Crippen LogP contribution in [0, 0.1) is 0 Å². The van der Waals surface area contributed by atoms with Gasteiger partial charge in [0.25, 0.3) is 0 Å². The van der Waals surface area contributed by atoms with Crippen LogP contribution in [0.2, 0.25) is 0 Å². The van der Waals surface area contributed by atoms with Crippen LogP contribution in [-0.2, 0) is 4.79 Å². The number of benzene rings is 1. The van der Waals surface area contributed by atoms with Crippen molar-refractivity contribution >= 4 is 5.91 Å². The van der Waals surface area contributed by atoms with E-state index < -0.39 is 6.04 Å². The summed E-state index contributed by atoms with van der Waals surface area (Å²) in [6.45, 7) is 2.04. The Kier molecular flexibility index (Phi) is 2.49. The van der Waals surface area contributed by atoms with E-state index in [1.807, 2.05) is 37.3 Å². The van der Waals surface area contributed by atoms with Gasteiger partial charge in [-0.05, 0) is 25.3 Å². The Morgan fingerprint density at radius 2 is 2.00 bits per heavy atom. The molecule has 0 radical (unpaired) electrons. The predicted octanol–water partition coefficient (Wildman–Crippen LogP) is 1.36. The summed E-state index contributed by atoms with van der Waals surface area (Å²) in [5.74, 6) is -0.0822. The summed E-state index contributed by atoms with van der Waals surface area (Å²) in [6.07, 6.45) is 2.11. The van der Waals surface area contributed by atoms with E-state index in [1.54, 1.807) is 0 Å². The van der Waals surface area contributed by atoms with Gasteiger partial charge in [0.05, 0.1) is 0 Å². The van der Waals surface area contributed by atoms with Crippen LogP contribution in [0.5, 0.6) is 0 Å². The zero-order valence-electron chi connectivity index (χ0n) is 8.86. The quantitative estimate of drug-likeness (QED) is 0.781. The Morgan fingerprint density at radius 3 is 2.53 bits per heavy atom. The normalized spacial score (nSPS) is 19.3.